The lowest BCUT2D eigenvalue weighted by Crippen LogP contribution is -2.45. The molecule has 104 valence electrons. The predicted molar refractivity (Wildman–Crippen MR) is 66.5 cm³/mol. The number of carboxylic acid groups (broad SMARTS) is 1. The number of carboxylic acids is 1. The quantitative estimate of drug-likeness (QED) is 0.682. The van der Waals surface area contributed by atoms with Crippen molar-refractivity contribution in [3.05, 3.63) is 0 Å². The Bertz CT molecular complexity index is 292. The first kappa shape index (κ1) is 14.8. The van der Waals surface area contributed by atoms with Gasteiger partial charge in [-0.05, 0) is 19.3 Å². The van der Waals surface area contributed by atoms with E-state index in [1.165, 1.54) is 7.11 Å². The predicted octanol–water partition coefficient (Wildman–Crippen LogP) is 1.06. The average molecular weight is 258 g/mol. The van der Waals surface area contributed by atoms with Gasteiger partial charge in [-0.1, -0.05) is 6.92 Å². The van der Waals surface area contributed by atoms with E-state index in [1.807, 2.05) is 11.8 Å². The van der Waals surface area contributed by atoms with E-state index in [1.54, 1.807) is 0 Å². The maximum absolute atomic E-state index is 11.9. The number of hydrogen-bond donors (Lipinski definition) is 2. The van der Waals surface area contributed by atoms with Crippen LogP contribution in [0.1, 0.15) is 32.6 Å². The molecule has 0 aromatic rings. The van der Waals surface area contributed by atoms with Crippen LogP contribution in [0.4, 0.5) is 4.79 Å². The van der Waals surface area contributed by atoms with Crippen LogP contribution in [0.2, 0.25) is 0 Å². The van der Waals surface area contributed by atoms with Gasteiger partial charge in [0.1, 0.15) is 0 Å². The van der Waals surface area contributed by atoms with E-state index in [0.29, 0.717) is 6.04 Å². The molecule has 1 atom stereocenters. The second-order valence-corrected chi connectivity index (χ2v) is 4.57. The molecule has 0 spiro atoms. The highest BCUT2D eigenvalue weighted by atomic mass is 16.5. The molecule has 6 heteroatoms. The summed E-state index contributed by atoms with van der Waals surface area (Å²) in [6, 6.07) is 0.247. The Labute approximate surface area is 107 Å². The highest BCUT2D eigenvalue weighted by Crippen LogP contribution is 2.26. The number of carbonyl (C=O) groups excluding carboxylic acids is 1. The first-order valence-electron chi connectivity index (χ1n) is 6.37. The normalized spacial score (nSPS) is 16.1. The molecule has 0 aromatic heterocycles. The summed E-state index contributed by atoms with van der Waals surface area (Å²) in [7, 11) is 1.45. The zero-order valence-corrected chi connectivity index (χ0v) is 11.0. The Morgan fingerprint density at radius 1 is 1.50 bits per heavy atom. The summed E-state index contributed by atoms with van der Waals surface area (Å²) >= 11 is 0. The van der Waals surface area contributed by atoms with E-state index in [9.17, 15) is 9.59 Å². The first-order valence-corrected chi connectivity index (χ1v) is 6.37. The number of urea groups is 1. The van der Waals surface area contributed by atoms with Crippen LogP contribution in [-0.2, 0) is 9.53 Å². The molecule has 0 radical (unpaired) electrons. The molecule has 18 heavy (non-hydrogen) atoms. The molecule has 0 saturated heterocycles. The van der Waals surface area contributed by atoms with E-state index in [0.717, 1.165) is 25.8 Å². The highest BCUT2D eigenvalue weighted by Gasteiger charge is 2.32. The molecule has 1 aliphatic carbocycles. The fraction of sp³-hybridized carbons (Fsp3) is 0.833. The Morgan fingerprint density at radius 2 is 2.17 bits per heavy atom. The fourth-order valence-electron chi connectivity index (χ4n) is 1.81. The lowest BCUT2D eigenvalue weighted by molar-refractivity contribution is -0.139. The number of methoxy groups -OCH3 is 1. The molecule has 1 rings (SSSR count). The van der Waals surface area contributed by atoms with Crippen molar-refractivity contribution < 1.29 is 19.4 Å². The Kier molecular flexibility index (Phi) is 5.91. The van der Waals surface area contributed by atoms with E-state index < -0.39 is 12.1 Å². The van der Waals surface area contributed by atoms with Gasteiger partial charge in [-0.25, -0.2) is 4.79 Å². The van der Waals surface area contributed by atoms with Crippen molar-refractivity contribution in [1.82, 2.24) is 10.2 Å². The largest absolute Gasteiger partial charge is 0.481 e. The van der Waals surface area contributed by atoms with Crippen molar-refractivity contribution in [2.45, 2.75) is 44.8 Å². The minimum absolute atomic E-state index is 0.103. The lowest BCUT2D eigenvalue weighted by Gasteiger charge is -2.23. The van der Waals surface area contributed by atoms with Crippen molar-refractivity contribution in [3.8, 4) is 0 Å². The van der Waals surface area contributed by atoms with Crippen LogP contribution < -0.4 is 5.32 Å². The lowest BCUT2D eigenvalue weighted by atomic mass is 10.2. The Hall–Kier alpha value is -1.30. The van der Waals surface area contributed by atoms with Gasteiger partial charge in [0.25, 0.3) is 0 Å². The minimum Gasteiger partial charge on any atom is -0.481 e. The molecule has 0 aromatic carbocycles. The maximum atomic E-state index is 11.9. The molecule has 2 amide bonds. The first-order chi connectivity index (χ1) is 8.58. The summed E-state index contributed by atoms with van der Waals surface area (Å²) in [5, 5.41) is 11.4. The molecule has 1 fully saturated rings. The van der Waals surface area contributed by atoms with Crippen LogP contribution in [0.3, 0.4) is 0 Å². The zero-order valence-electron chi connectivity index (χ0n) is 11.0. The number of nitrogens with one attached hydrogen (secondary N) is 1. The number of rotatable bonds is 8. The van der Waals surface area contributed by atoms with Crippen LogP contribution in [0.25, 0.3) is 0 Å². The van der Waals surface area contributed by atoms with E-state index in [4.69, 9.17) is 9.84 Å². The SMILES string of the molecule is CCCN(C(=O)NCC(CC(=O)O)OC)C1CC1. The standard InChI is InChI=1S/C12H22N2O4/c1-3-6-14(9-4-5-9)12(17)13-8-10(18-2)7-11(15)16/h9-10H,3-8H2,1-2H3,(H,13,17)(H,15,16). The number of carbonyl (C=O) groups is 2. The molecule has 1 unspecified atom stereocenters. The topological polar surface area (TPSA) is 78.9 Å². The second kappa shape index (κ2) is 7.20. The van der Waals surface area contributed by atoms with Crippen LogP contribution >= 0.6 is 0 Å². The van der Waals surface area contributed by atoms with Crippen molar-refractivity contribution in [1.29, 1.82) is 0 Å². The molecular formula is C12H22N2O4. The number of hydrogen-bond acceptors (Lipinski definition) is 3. The van der Waals surface area contributed by atoms with Gasteiger partial charge in [0.2, 0.25) is 0 Å². The van der Waals surface area contributed by atoms with Crippen LogP contribution in [0.5, 0.6) is 0 Å². The van der Waals surface area contributed by atoms with Crippen LogP contribution in [0, 0.1) is 0 Å². The molecular weight excluding hydrogens is 236 g/mol. The summed E-state index contributed by atoms with van der Waals surface area (Å²) in [6.07, 6.45) is 2.47. The zero-order chi connectivity index (χ0) is 13.5. The van der Waals surface area contributed by atoms with E-state index in [-0.39, 0.29) is 19.0 Å². The second-order valence-electron chi connectivity index (χ2n) is 4.57. The molecule has 0 aliphatic heterocycles. The van der Waals surface area contributed by atoms with Crippen molar-refractivity contribution in [2.75, 3.05) is 20.2 Å². The van der Waals surface area contributed by atoms with Gasteiger partial charge < -0.3 is 20.1 Å². The maximum Gasteiger partial charge on any atom is 0.317 e. The van der Waals surface area contributed by atoms with E-state index >= 15 is 0 Å². The number of aliphatic carboxylic acids is 1. The van der Waals surface area contributed by atoms with Gasteiger partial charge in [-0.3, -0.25) is 4.79 Å². The Balaban J connectivity index is 2.35. The summed E-state index contributed by atoms with van der Waals surface area (Å²) in [5.74, 6) is -0.927. The monoisotopic (exact) mass is 258 g/mol. The highest BCUT2D eigenvalue weighted by molar-refractivity contribution is 5.75. The molecule has 0 bridgehead atoms. The summed E-state index contributed by atoms with van der Waals surface area (Å²) in [5.41, 5.74) is 0. The van der Waals surface area contributed by atoms with Gasteiger partial charge in [0.05, 0.1) is 12.5 Å². The van der Waals surface area contributed by atoms with Gasteiger partial charge in [-0.2, -0.15) is 0 Å². The third-order valence-corrected chi connectivity index (χ3v) is 2.93. The molecule has 2 N–H and O–H groups in total. The minimum atomic E-state index is -0.927. The fourth-order valence-corrected chi connectivity index (χ4v) is 1.81. The molecule has 6 nitrogen and oxygen atoms in total. The van der Waals surface area contributed by atoms with Gasteiger partial charge in [-0.15, -0.1) is 0 Å². The smallest absolute Gasteiger partial charge is 0.317 e. The number of amides is 2. The third kappa shape index (κ3) is 4.91. The summed E-state index contributed by atoms with van der Waals surface area (Å²) in [6.45, 7) is 3.01. The Morgan fingerprint density at radius 3 is 2.61 bits per heavy atom. The number of ether oxygens (including phenoxy) is 1. The van der Waals surface area contributed by atoms with Gasteiger partial charge in [0, 0.05) is 26.2 Å². The summed E-state index contributed by atoms with van der Waals surface area (Å²) < 4.78 is 5.01. The van der Waals surface area contributed by atoms with Crippen LogP contribution in [0.15, 0.2) is 0 Å². The van der Waals surface area contributed by atoms with Crippen molar-refractivity contribution in [2.24, 2.45) is 0 Å². The van der Waals surface area contributed by atoms with Gasteiger partial charge in [0.15, 0.2) is 0 Å². The van der Waals surface area contributed by atoms with Gasteiger partial charge >= 0.3 is 12.0 Å². The van der Waals surface area contributed by atoms with E-state index in [2.05, 4.69) is 5.32 Å². The molecule has 1 saturated carbocycles. The van der Waals surface area contributed by atoms with Crippen molar-refractivity contribution >= 4 is 12.0 Å². The average Bonchev–Trinajstić information content (AvgIpc) is 3.14. The van der Waals surface area contributed by atoms with Crippen LogP contribution in [-0.4, -0.2) is 54.4 Å². The summed E-state index contributed by atoms with van der Waals surface area (Å²) in [4.78, 5) is 24.3. The molecule has 0 heterocycles. The van der Waals surface area contributed by atoms with Crippen molar-refractivity contribution in [3.63, 3.8) is 0 Å². The number of nitrogens with zero attached hydrogens (tertiary/aromatic N) is 1. The molecule has 1 aliphatic rings. The third-order valence-electron chi connectivity index (χ3n) is 2.93.